The zero-order chi connectivity index (χ0) is 23.3. The number of carbonyl (C=O) groups excluding carboxylic acids is 1. The quantitative estimate of drug-likeness (QED) is 0.477. The first-order chi connectivity index (χ1) is 14.2. The minimum absolute atomic E-state index is 0.0357. The molecule has 0 aromatic heterocycles. The summed E-state index contributed by atoms with van der Waals surface area (Å²) in [5.74, 6) is 0.508. The average Bonchev–Trinajstić information content (AvgIpc) is 2.66. The van der Waals surface area contributed by atoms with E-state index >= 15 is 0 Å². The summed E-state index contributed by atoms with van der Waals surface area (Å²) in [5, 5.41) is 12.0. The fourth-order valence-corrected chi connectivity index (χ4v) is 9.91. The van der Waals surface area contributed by atoms with E-state index in [4.69, 9.17) is 9.16 Å². The molecule has 1 N–H and O–H groups in total. The van der Waals surface area contributed by atoms with E-state index in [0.29, 0.717) is 18.3 Å². The van der Waals surface area contributed by atoms with E-state index in [1.54, 1.807) is 0 Å². The molecule has 2 bridgehead atoms. The van der Waals surface area contributed by atoms with E-state index < -0.39 is 25.7 Å². The van der Waals surface area contributed by atoms with Gasteiger partial charge in [-0.2, -0.15) is 0 Å². The lowest BCUT2D eigenvalue weighted by Crippen LogP contribution is -2.77. The number of aliphatic hydroxyl groups is 1. The SMILES string of the molecule is CC1=C2C(C)C(=O)C3(C)C(C)CC4OCC4(O)C3C(C)C(O[Si](C)C)(CC1C)C2(C)C. The molecular formula is C26H43O4Si. The maximum Gasteiger partial charge on any atom is 0.205 e. The van der Waals surface area contributed by atoms with Crippen molar-refractivity contribution in [3.63, 3.8) is 0 Å². The molecule has 0 amide bonds. The Morgan fingerprint density at radius 1 is 1.13 bits per heavy atom. The van der Waals surface area contributed by atoms with Crippen molar-refractivity contribution < 1.29 is 19.1 Å². The fraction of sp³-hybridized carbons (Fsp3) is 0.885. The van der Waals surface area contributed by atoms with Crippen LogP contribution in [0.4, 0.5) is 0 Å². The summed E-state index contributed by atoms with van der Waals surface area (Å²) < 4.78 is 13.0. The zero-order valence-corrected chi connectivity index (χ0v) is 22.3. The van der Waals surface area contributed by atoms with Crippen LogP contribution in [0.15, 0.2) is 11.1 Å². The second-order valence-corrected chi connectivity index (χ2v) is 14.3. The van der Waals surface area contributed by atoms with Crippen molar-refractivity contribution in [2.24, 2.45) is 40.4 Å². The number of hydrogen-bond acceptors (Lipinski definition) is 4. The first-order valence-electron chi connectivity index (χ1n) is 12.2. The van der Waals surface area contributed by atoms with Gasteiger partial charge in [-0.1, -0.05) is 59.6 Å². The van der Waals surface area contributed by atoms with Crippen LogP contribution in [-0.4, -0.2) is 43.8 Å². The van der Waals surface area contributed by atoms with Crippen molar-refractivity contribution in [2.45, 2.75) is 98.6 Å². The van der Waals surface area contributed by atoms with E-state index in [1.807, 2.05) is 0 Å². The number of allylic oxidation sites excluding steroid dienone is 1. The Morgan fingerprint density at radius 2 is 1.74 bits per heavy atom. The van der Waals surface area contributed by atoms with E-state index in [1.165, 1.54) is 11.1 Å². The Bertz CT molecular complexity index is 818. The lowest BCUT2D eigenvalue weighted by molar-refractivity contribution is -0.327. The third-order valence-electron chi connectivity index (χ3n) is 10.3. The second-order valence-electron chi connectivity index (χ2n) is 12.3. The summed E-state index contributed by atoms with van der Waals surface area (Å²) in [5.41, 5.74) is 0.420. The van der Waals surface area contributed by atoms with Crippen LogP contribution >= 0.6 is 0 Å². The molecule has 0 aromatic rings. The molecule has 31 heavy (non-hydrogen) atoms. The van der Waals surface area contributed by atoms with Gasteiger partial charge in [0.15, 0.2) is 0 Å². The molecule has 1 radical (unpaired) electrons. The lowest BCUT2D eigenvalue weighted by atomic mass is 9.40. The summed E-state index contributed by atoms with van der Waals surface area (Å²) in [6.45, 7) is 22.6. The van der Waals surface area contributed by atoms with Gasteiger partial charge in [-0.25, -0.2) is 0 Å². The first kappa shape index (κ1) is 23.7. The molecule has 4 nitrogen and oxygen atoms in total. The monoisotopic (exact) mass is 447 g/mol. The van der Waals surface area contributed by atoms with Crippen molar-refractivity contribution in [1.29, 1.82) is 0 Å². The van der Waals surface area contributed by atoms with Crippen LogP contribution in [0, 0.1) is 40.4 Å². The molecule has 5 heteroatoms. The zero-order valence-electron chi connectivity index (χ0n) is 21.3. The van der Waals surface area contributed by atoms with Crippen LogP contribution in [-0.2, 0) is 14.0 Å². The number of ketones is 1. The number of rotatable bonds is 2. The number of carbonyl (C=O) groups is 1. The van der Waals surface area contributed by atoms with Crippen LogP contribution in [0.1, 0.15) is 68.2 Å². The highest BCUT2D eigenvalue weighted by Gasteiger charge is 2.73. The Labute approximate surface area is 190 Å². The molecular weight excluding hydrogens is 404 g/mol. The Morgan fingerprint density at radius 3 is 2.26 bits per heavy atom. The van der Waals surface area contributed by atoms with Gasteiger partial charge in [0.1, 0.15) is 11.4 Å². The Kier molecular flexibility index (Phi) is 5.35. The maximum atomic E-state index is 14.4. The molecule has 3 aliphatic carbocycles. The van der Waals surface area contributed by atoms with Gasteiger partial charge in [0.05, 0.1) is 18.3 Å². The minimum Gasteiger partial charge on any atom is -0.411 e. The highest BCUT2D eigenvalue weighted by molar-refractivity contribution is 6.48. The molecule has 4 aliphatic rings. The summed E-state index contributed by atoms with van der Waals surface area (Å²) in [7, 11) is -1.02. The topological polar surface area (TPSA) is 55.8 Å². The first-order valence-corrected chi connectivity index (χ1v) is 14.7. The second kappa shape index (κ2) is 7.01. The predicted octanol–water partition coefficient (Wildman–Crippen LogP) is 5.02. The molecule has 1 aliphatic heterocycles. The normalized spacial score (nSPS) is 51.5. The molecule has 2 saturated carbocycles. The third-order valence-corrected chi connectivity index (χ3v) is 11.1. The van der Waals surface area contributed by atoms with Gasteiger partial charge in [-0.15, -0.1) is 0 Å². The molecule has 0 spiro atoms. The number of fused-ring (bicyclic) bond motifs is 5. The van der Waals surface area contributed by atoms with Crippen molar-refractivity contribution in [1.82, 2.24) is 0 Å². The number of hydrogen-bond donors (Lipinski definition) is 1. The van der Waals surface area contributed by atoms with Gasteiger partial charge in [0, 0.05) is 22.7 Å². The Balaban J connectivity index is 2.04. The number of Topliss-reactive ketones (excluding diaryl/α,β-unsaturated/α-hetero) is 1. The summed E-state index contributed by atoms with van der Waals surface area (Å²) in [6.07, 6.45) is 1.52. The largest absolute Gasteiger partial charge is 0.411 e. The summed E-state index contributed by atoms with van der Waals surface area (Å²) >= 11 is 0. The van der Waals surface area contributed by atoms with Gasteiger partial charge in [0.2, 0.25) is 9.04 Å². The lowest BCUT2D eigenvalue weighted by Gasteiger charge is -2.69. The highest BCUT2D eigenvalue weighted by atomic mass is 28.3. The van der Waals surface area contributed by atoms with Crippen LogP contribution in [0.3, 0.4) is 0 Å². The molecule has 0 aromatic carbocycles. The van der Waals surface area contributed by atoms with Crippen LogP contribution in [0.25, 0.3) is 0 Å². The van der Waals surface area contributed by atoms with E-state index in [-0.39, 0.29) is 35.2 Å². The molecule has 1 heterocycles. The van der Waals surface area contributed by atoms with Crippen LogP contribution < -0.4 is 0 Å². The molecule has 3 fully saturated rings. The van der Waals surface area contributed by atoms with Gasteiger partial charge >= 0.3 is 0 Å². The molecule has 175 valence electrons. The molecule has 9 unspecified atom stereocenters. The summed E-state index contributed by atoms with van der Waals surface area (Å²) in [4.78, 5) is 14.4. The highest BCUT2D eigenvalue weighted by Crippen LogP contribution is 2.67. The van der Waals surface area contributed by atoms with Gasteiger partial charge < -0.3 is 14.3 Å². The van der Waals surface area contributed by atoms with Crippen LogP contribution in [0.5, 0.6) is 0 Å². The Hall–Kier alpha value is -0.493. The average molecular weight is 448 g/mol. The van der Waals surface area contributed by atoms with E-state index in [0.717, 1.165) is 12.8 Å². The smallest absolute Gasteiger partial charge is 0.205 e. The fourth-order valence-electron chi connectivity index (χ4n) is 8.65. The van der Waals surface area contributed by atoms with Crippen LogP contribution in [0.2, 0.25) is 13.1 Å². The number of ether oxygens (including phenoxy) is 1. The van der Waals surface area contributed by atoms with E-state index in [2.05, 4.69) is 68.5 Å². The van der Waals surface area contributed by atoms with Crippen molar-refractivity contribution in [3.05, 3.63) is 11.1 Å². The van der Waals surface area contributed by atoms with Crippen molar-refractivity contribution in [2.75, 3.05) is 6.61 Å². The molecule has 1 saturated heterocycles. The van der Waals surface area contributed by atoms with Crippen molar-refractivity contribution >= 4 is 14.8 Å². The maximum absolute atomic E-state index is 14.4. The molecule has 9 atom stereocenters. The van der Waals surface area contributed by atoms with Crippen molar-refractivity contribution in [3.8, 4) is 0 Å². The van der Waals surface area contributed by atoms with E-state index in [9.17, 15) is 9.90 Å². The van der Waals surface area contributed by atoms with Gasteiger partial charge in [0.25, 0.3) is 0 Å². The standard InChI is InChI=1S/C26H43O4Si/c1-14-12-26(30-31(9)10)18(5)21-24(8,15(2)11-19-25(21,28)13-29-19)22(27)17(4)20(16(14)3)23(26,6)7/h14-15,17-19,21,28H,11-13H2,1-10H3. The summed E-state index contributed by atoms with van der Waals surface area (Å²) in [6, 6.07) is 0. The minimum atomic E-state index is -1.02. The third kappa shape index (κ3) is 2.73. The molecule has 4 rings (SSSR count). The van der Waals surface area contributed by atoms with Gasteiger partial charge in [-0.3, -0.25) is 4.79 Å². The predicted molar refractivity (Wildman–Crippen MR) is 125 cm³/mol. The van der Waals surface area contributed by atoms with Gasteiger partial charge in [-0.05, 0) is 50.6 Å².